The minimum Gasteiger partial charge on any atom is -0.382 e. The molecular weight excluding hydrogens is 396 g/mol. The second-order valence-electron chi connectivity index (χ2n) is 7.46. The van der Waals surface area contributed by atoms with Crippen molar-refractivity contribution in [2.24, 2.45) is 5.73 Å². The van der Waals surface area contributed by atoms with Gasteiger partial charge in [0.2, 0.25) is 0 Å². The van der Waals surface area contributed by atoms with Gasteiger partial charge in [0.25, 0.3) is 0 Å². The molecule has 2 aromatic carbocycles. The Morgan fingerprint density at radius 3 is 2.93 bits per heavy atom. The van der Waals surface area contributed by atoms with Crippen LogP contribution >= 0.6 is 0 Å². The van der Waals surface area contributed by atoms with Crippen LogP contribution < -0.4 is 16.0 Å². The van der Waals surface area contributed by atoms with Crippen LogP contribution in [0.5, 0.6) is 0 Å². The van der Waals surface area contributed by atoms with E-state index in [2.05, 4.69) is 47.5 Å². The average molecular weight is 425 g/mol. The number of hydrogen-bond donors (Lipinski definition) is 2. The molecule has 0 fully saturated rings. The Kier molecular flexibility index (Phi) is 6.62. The number of benzene rings is 2. The fraction of sp³-hybridized carbons (Fsp3) is 0.348. The highest BCUT2D eigenvalue weighted by Crippen LogP contribution is 2.30. The summed E-state index contributed by atoms with van der Waals surface area (Å²) in [4.78, 5) is 8.10. The van der Waals surface area contributed by atoms with Crippen LogP contribution in [0.1, 0.15) is 11.1 Å². The van der Waals surface area contributed by atoms with Gasteiger partial charge in [-0.15, -0.1) is 0 Å². The molecule has 1 aromatic heterocycles. The second kappa shape index (κ2) is 9.55. The Morgan fingerprint density at radius 1 is 1.20 bits per heavy atom. The molecule has 3 aromatic rings. The van der Waals surface area contributed by atoms with Crippen molar-refractivity contribution < 1.29 is 8.95 Å². The van der Waals surface area contributed by atoms with E-state index in [-0.39, 0.29) is 0 Å². The summed E-state index contributed by atoms with van der Waals surface area (Å²) in [6, 6.07) is 16.4. The monoisotopic (exact) mass is 424 g/mol. The van der Waals surface area contributed by atoms with Crippen molar-refractivity contribution in [3.63, 3.8) is 0 Å². The van der Waals surface area contributed by atoms with Gasteiger partial charge in [-0.3, -0.25) is 4.21 Å². The van der Waals surface area contributed by atoms with Crippen LogP contribution in [0.2, 0.25) is 0 Å². The van der Waals surface area contributed by atoms with Gasteiger partial charge in [-0.05, 0) is 30.7 Å². The molecule has 3 N–H and O–H groups in total. The fourth-order valence-electron chi connectivity index (χ4n) is 3.72. The Labute approximate surface area is 179 Å². The van der Waals surface area contributed by atoms with Crippen LogP contribution in [0, 0.1) is 6.92 Å². The van der Waals surface area contributed by atoms with Gasteiger partial charge < -0.3 is 20.7 Å². The van der Waals surface area contributed by atoms with Crippen LogP contribution in [-0.4, -0.2) is 47.8 Å². The van der Waals surface area contributed by atoms with E-state index in [0.29, 0.717) is 45.1 Å². The number of nitrogens with zero attached hydrogens (tertiary/aromatic N) is 2. The lowest BCUT2D eigenvalue weighted by atomic mass is 10.1. The van der Waals surface area contributed by atoms with Crippen LogP contribution in [0.4, 0.5) is 11.5 Å². The van der Waals surface area contributed by atoms with Crippen LogP contribution in [-0.2, 0) is 22.1 Å². The third-order valence-electron chi connectivity index (χ3n) is 5.22. The molecule has 2 heterocycles. The van der Waals surface area contributed by atoms with Gasteiger partial charge in [0.15, 0.2) is 0 Å². The second-order valence-corrected chi connectivity index (χ2v) is 8.99. The van der Waals surface area contributed by atoms with E-state index in [1.807, 2.05) is 18.2 Å². The first-order valence-corrected chi connectivity index (χ1v) is 11.6. The standard InChI is InChI=1S/C23H28N4O2S/c1-17-6-7-20-19(14-17)21(25-9-12-29-11-8-24)15-23(26-20)27-10-13-30(28)22-5-3-2-4-18(22)16-27/h2-7,14-15H,8-13,16,24H2,1H3,(H,25,26). The Bertz CT molecular complexity index is 1060. The minimum absolute atomic E-state index is 0.527. The number of nitrogens with one attached hydrogen (secondary N) is 1. The van der Waals surface area contributed by atoms with Crippen molar-refractivity contribution in [1.82, 2.24) is 4.98 Å². The third kappa shape index (κ3) is 4.64. The first kappa shape index (κ1) is 20.8. The highest BCUT2D eigenvalue weighted by atomic mass is 32.2. The van der Waals surface area contributed by atoms with E-state index >= 15 is 0 Å². The number of hydrogen-bond acceptors (Lipinski definition) is 6. The molecule has 0 radical (unpaired) electrons. The van der Waals surface area contributed by atoms with Crippen molar-refractivity contribution in [3.05, 3.63) is 59.7 Å². The number of aromatic nitrogens is 1. The summed E-state index contributed by atoms with van der Waals surface area (Å²) in [5.74, 6) is 1.49. The predicted octanol–water partition coefficient (Wildman–Crippen LogP) is 3.06. The molecule has 0 saturated carbocycles. The normalized spacial score (nSPS) is 16.3. The van der Waals surface area contributed by atoms with Crippen molar-refractivity contribution in [1.29, 1.82) is 0 Å². The number of rotatable bonds is 7. The van der Waals surface area contributed by atoms with Crippen molar-refractivity contribution >= 4 is 33.2 Å². The lowest BCUT2D eigenvalue weighted by Gasteiger charge is -2.23. The van der Waals surface area contributed by atoms with Crippen molar-refractivity contribution in [3.8, 4) is 0 Å². The van der Waals surface area contributed by atoms with E-state index in [1.54, 1.807) is 0 Å². The molecule has 0 saturated heterocycles. The topological polar surface area (TPSA) is 80.5 Å². The largest absolute Gasteiger partial charge is 0.382 e. The number of nitrogens with two attached hydrogens (primary N) is 1. The van der Waals surface area contributed by atoms with Gasteiger partial charge in [-0.25, -0.2) is 4.98 Å². The summed E-state index contributed by atoms with van der Waals surface area (Å²) in [7, 11) is -0.983. The molecule has 1 atom stereocenters. The van der Waals surface area contributed by atoms with Crippen LogP contribution in [0.3, 0.4) is 0 Å². The van der Waals surface area contributed by atoms with E-state index in [4.69, 9.17) is 15.5 Å². The van der Waals surface area contributed by atoms with Gasteiger partial charge >= 0.3 is 0 Å². The molecule has 4 rings (SSSR count). The molecule has 1 aliphatic heterocycles. The van der Waals surface area contributed by atoms with Gasteiger partial charge in [-0.2, -0.15) is 0 Å². The van der Waals surface area contributed by atoms with E-state index in [0.717, 1.165) is 32.9 Å². The summed E-state index contributed by atoms with van der Waals surface area (Å²) in [5.41, 5.74) is 9.77. The molecule has 1 aliphatic rings. The lowest BCUT2D eigenvalue weighted by molar-refractivity contribution is 0.151. The van der Waals surface area contributed by atoms with Gasteiger partial charge in [-0.1, -0.05) is 29.8 Å². The summed E-state index contributed by atoms with van der Waals surface area (Å²) in [5, 5.41) is 4.60. The molecule has 0 amide bonds. The fourth-order valence-corrected chi connectivity index (χ4v) is 4.98. The number of pyridine rings is 1. The molecule has 6 nitrogen and oxygen atoms in total. The van der Waals surface area contributed by atoms with Crippen LogP contribution in [0.25, 0.3) is 10.9 Å². The quantitative estimate of drug-likeness (QED) is 0.568. The number of aryl methyl sites for hydroxylation is 1. The first-order valence-electron chi connectivity index (χ1n) is 10.3. The number of fused-ring (bicyclic) bond motifs is 2. The van der Waals surface area contributed by atoms with Gasteiger partial charge in [0.1, 0.15) is 5.82 Å². The Hall–Kier alpha value is -2.48. The zero-order valence-corrected chi connectivity index (χ0v) is 18.1. The number of ether oxygens (including phenoxy) is 1. The molecule has 0 bridgehead atoms. The van der Waals surface area contributed by atoms with E-state index in [9.17, 15) is 4.21 Å². The Morgan fingerprint density at radius 2 is 2.07 bits per heavy atom. The zero-order valence-electron chi connectivity index (χ0n) is 17.3. The van der Waals surface area contributed by atoms with E-state index < -0.39 is 10.8 Å². The summed E-state index contributed by atoms with van der Waals surface area (Å²) < 4.78 is 18.2. The SMILES string of the molecule is Cc1ccc2nc(N3CCS(=O)c4ccccc4C3)cc(NCCOCCN)c2c1. The zero-order chi connectivity index (χ0) is 20.9. The lowest BCUT2D eigenvalue weighted by Crippen LogP contribution is -2.26. The Balaban J connectivity index is 1.65. The van der Waals surface area contributed by atoms with Gasteiger partial charge in [0.05, 0.1) is 29.5 Å². The number of anilines is 2. The first-order chi connectivity index (χ1) is 14.7. The molecule has 30 heavy (non-hydrogen) atoms. The maximum atomic E-state index is 12.7. The molecule has 158 valence electrons. The highest BCUT2D eigenvalue weighted by Gasteiger charge is 2.21. The van der Waals surface area contributed by atoms with E-state index in [1.165, 1.54) is 5.56 Å². The highest BCUT2D eigenvalue weighted by molar-refractivity contribution is 7.85. The average Bonchev–Trinajstić information content (AvgIpc) is 2.93. The smallest absolute Gasteiger partial charge is 0.131 e. The molecule has 7 heteroatoms. The van der Waals surface area contributed by atoms with Crippen molar-refractivity contribution in [2.75, 3.05) is 48.8 Å². The predicted molar refractivity (Wildman–Crippen MR) is 124 cm³/mol. The van der Waals surface area contributed by atoms with Crippen molar-refractivity contribution in [2.45, 2.75) is 18.4 Å². The summed E-state index contributed by atoms with van der Waals surface area (Å²) >= 11 is 0. The molecule has 0 spiro atoms. The molecular formula is C23H28N4O2S. The minimum atomic E-state index is -0.983. The van der Waals surface area contributed by atoms with Gasteiger partial charge in [0, 0.05) is 54.0 Å². The van der Waals surface area contributed by atoms with Crippen LogP contribution in [0.15, 0.2) is 53.4 Å². The molecule has 1 unspecified atom stereocenters. The maximum absolute atomic E-state index is 12.7. The summed E-state index contributed by atoms with van der Waals surface area (Å²) in [6.07, 6.45) is 0. The third-order valence-corrected chi connectivity index (χ3v) is 6.67. The molecule has 0 aliphatic carbocycles. The maximum Gasteiger partial charge on any atom is 0.131 e. The summed E-state index contributed by atoms with van der Waals surface area (Å²) in [6.45, 7) is 5.86.